The first-order valence-corrected chi connectivity index (χ1v) is 11.7. The Morgan fingerprint density at radius 1 is 0.750 bits per heavy atom. The number of aliphatic carboxylic acids is 1. The van der Waals surface area contributed by atoms with E-state index in [1.807, 2.05) is 13.8 Å². The van der Waals surface area contributed by atoms with E-state index in [-0.39, 0.29) is 37.2 Å². The SMILES string of the molecule is CC(C)CC(NC(=O)C(CCCN=C(N)N)NC(=O)C(C)NC(=O)C(N)CCCN=C(N)N)C(=O)O. The van der Waals surface area contributed by atoms with Gasteiger partial charge < -0.3 is 49.7 Å². The van der Waals surface area contributed by atoms with Gasteiger partial charge in [-0.25, -0.2) is 4.79 Å². The number of nitrogens with one attached hydrogen (secondary N) is 3. The molecule has 0 bridgehead atoms. The van der Waals surface area contributed by atoms with E-state index in [1.54, 1.807) is 0 Å². The van der Waals surface area contributed by atoms with Crippen molar-refractivity contribution in [2.75, 3.05) is 13.1 Å². The highest BCUT2D eigenvalue weighted by atomic mass is 16.4. The van der Waals surface area contributed by atoms with Gasteiger partial charge in [-0.1, -0.05) is 13.8 Å². The van der Waals surface area contributed by atoms with Crippen LogP contribution in [0, 0.1) is 5.92 Å². The molecule has 4 unspecified atom stereocenters. The van der Waals surface area contributed by atoms with Crippen LogP contribution in [0.4, 0.5) is 0 Å². The lowest BCUT2D eigenvalue weighted by Gasteiger charge is -2.24. The maximum Gasteiger partial charge on any atom is 0.326 e. The molecule has 0 aliphatic carbocycles. The summed E-state index contributed by atoms with van der Waals surface area (Å²) in [5.41, 5.74) is 26.9. The summed E-state index contributed by atoms with van der Waals surface area (Å²) in [6.45, 7) is 5.60. The second kappa shape index (κ2) is 16.9. The van der Waals surface area contributed by atoms with Crippen LogP contribution in [0.3, 0.4) is 0 Å². The minimum absolute atomic E-state index is 0.0141. The molecule has 3 amide bonds. The molecule has 0 radical (unpaired) electrons. The minimum atomic E-state index is -1.18. The summed E-state index contributed by atoms with van der Waals surface area (Å²) >= 11 is 0. The molecule has 0 fully saturated rings. The fraction of sp³-hybridized carbons (Fsp3) is 0.714. The second-order valence-electron chi connectivity index (χ2n) is 8.82. The van der Waals surface area contributed by atoms with E-state index in [0.717, 1.165) is 0 Å². The molecule has 4 atom stereocenters. The lowest BCUT2D eigenvalue weighted by molar-refractivity contribution is -0.142. The number of rotatable bonds is 17. The summed E-state index contributed by atoms with van der Waals surface area (Å²) in [6.07, 6.45) is 1.43. The number of carboxylic acid groups (broad SMARTS) is 1. The Bertz CT molecular complexity index is 794. The molecule has 15 nitrogen and oxygen atoms in total. The van der Waals surface area contributed by atoms with Crippen molar-refractivity contribution >= 4 is 35.6 Å². The molecule has 0 aromatic carbocycles. The fourth-order valence-electron chi connectivity index (χ4n) is 3.07. The van der Waals surface area contributed by atoms with Gasteiger partial charge >= 0.3 is 5.97 Å². The number of amides is 3. The van der Waals surface area contributed by atoms with Crippen molar-refractivity contribution in [3.63, 3.8) is 0 Å². The molecule has 36 heavy (non-hydrogen) atoms. The Labute approximate surface area is 211 Å². The maximum atomic E-state index is 12.8. The van der Waals surface area contributed by atoms with Crippen LogP contribution in [-0.4, -0.2) is 78.0 Å². The minimum Gasteiger partial charge on any atom is -0.480 e. The zero-order valence-corrected chi connectivity index (χ0v) is 21.2. The van der Waals surface area contributed by atoms with Crippen LogP contribution in [0.15, 0.2) is 9.98 Å². The molecular weight excluding hydrogens is 472 g/mol. The van der Waals surface area contributed by atoms with E-state index < -0.39 is 47.9 Å². The van der Waals surface area contributed by atoms with E-state index in [2.05, 4.69) is 25.9 Å². The van der Waals surface area contributed by atoms with Crippen LogP contribution < -0.4 is 44.6 Å². The van der Waals surface area contributed by atoms with Gasteiger partial charge in [-0.3, -0.25) is 24.4 Å². The Hall–Kier alpha value is -3.62. The quantitative estimate of drug-likeness (QED) is 0.0539. The van der Waals surface area contributed by atoms with Crippen molar-refractivity contribution in [3.8, 4) is 0 Å². The Kier molecular flexibility index (Phi) is 15.2. The van der Waals surface area contributed by atoms with E-state index in [1.165, 1.54) is 6.92 Å². The van der Waals surface area contributed by atoms with Gasteiger partial charge in [0.2, 0.25) is 17.7 Å². The van der Waals surface area contributed by atoms with Crippen LogP contribution in [0.5, 0.6) is 0 Å². The largest absolute Gasteiger partial charge is 0.480 e. The molecule has 0 heterocycles. The number of carboxylic acids is 1. The molecule has 0 aliphatic rings. The number of hydrogen-bond donors (Lipinski definition) is 9. The average molecular weight is 515 g/mol. The monoisotopic (exact) mass is 514 g/mol. The van der Waals surface area contributed by atoms with Crippen LogP contribution in [0.2, 0.25) is 0 Å². The predicted octanol–water partition coefficient (Wildman–Crippen LogP) is -2.97. The molecule has 15 heteroatoms. The summed E-state index contributed by atoms with van der Waals surface area (Å²) in [6, 6.07) is -4.10. The van der Waals surface area contributed by atoms with Gasteiger partial charge in [0.05, 0.1) is 6.04 Å². The van der Waals surface area contributed by atoms with E-state index in [0.29, 0.717) is 25.8 Å². The van der Waals surface area contributed by atoms with Gasteiger partial charge in [0.15, 0.2) is 11.9 Å². The lowest BCUT2D eigenvalue weighted by Crippen LogP contribution is -2.56. The maximum absolute atomic E-state index is 12.8. The third-order valence-corrected chi connectivity index (χ3v) is 4.96. The number of nitrogens with zero attached hydrogens (tertiary/aromatic N) is 2. The van der Waals surface area contributed by atoms with E-state index in [9.17, 15) is 24.3 Å². The van der Waals surface area contributed by atoms with Crippen molar-refractivity contribution in [3.05, 3.63) is 0 Å². The Morgan fingerprint density at radius 3 is 1.72 bits per heavy atom. The number of guanidine groups is 2. The lowest BCUT2D eigenvalue weighted by atomic mass is 10.0. The first-order chi connectivity index (χ1) is 16.7. The van der Waals surface area contributed by atoms with Crippen molar-refractivity contribution in [2.24, 2.45) is 44.6 Å². The van der Waals surface area contributed by atoms with Gasteiger partial charge in [0.25, 0.3) is 0 Å². The van der Waals surface area contributed by atoms with Crippen molar-refractivity contribution in [2.45, 2.75) is 77.0 Å². The van der Waals surface area contributed by atoms with Gasteiger partial charge in [0, 0.05) is 13.1 Å². The van der Waals surface area contributed by atoms with Gasteiger partial charge in [-0.05, 0) is 44.9 Å². The second-order valence-corrected chi connectivity index (χ2v) is 8.82. The molecule has 0 spiro atoms. The van der Waals surface area contributed by atoms with Crippen molar-refractivity contribution in [1.29, 1.82) is 0 Å². The summed E-state index contributed by atoms with van der Waals surface area (Å²) in [4.78, 5) is 57.1. The number of hydrogen-bond acceptors (Lipinski definition) is 7. The van der Waals surface area contributed by atoms with E-state index in [4.69, 9.17) is 28.7 Å². The van der Waals surface area contributed by atoms with E-state index >= 15 is 0 Å². The number of aliphatic imine (C=N–C) groups is 2. The van der Waals surface area contributed by atoms with Crippen LogP contribution >= 0.6 is 0 Å². The highest BCUT2D eigenvalue weighted by Gasteiger charge is 2.29. The van der Waals surface area contributed by atoms with Crippen molar-refractivity contribution in [1.82, 2.24) is 16.0 Å². The summed E-state index contributed by atoms with van der Waals surface area (Å²) in [7, 11) is 0. The third kappa shape index (κ3) is 14.6. The number of nitrogens with two attached hydrogens (primary N) is 5. The highest BCUT2D eigenvalue weighted by Crippen LogP contribution is 2.07. The normalized spacial score (nSPS) is 14.0. The molecule has 0 saturated carbocycles. The standard InChI is InChI=1S/C21H42N10O5/c1-11(2)10-15(19(35)36)31-18(34)14(7-5-9-28-21(25)26)30-16(32)12(3)29-17(33)13(22)6-4-8-27-20(23)24/h11-15H,4-10,22H2,1-3H3,(H,29,33)(H,30,32)(H,31,34)(H,35,36)(H4,23,24,27)(H4,25,26,28). The first kappa shape index (κ1) is 32.4. The fourth-order valence-corrected chi connectivity index (χ4v) is 3.07. The molecule has 14 N–H and O–H groups in total. The van der Waals surface area contributed by atoms with Crippen LogP contribution in [0.1, 0.15) is 52.9 Å². The van der Waals surface area contributed by atoms with Gasteiger partial charge in [-0.15, -0.1) is 0 Å². The summed E-state index contributed by atoms with van der Waals surface area (Å²) in [5, 5.41) is 16.9. The Morgan fingerprint density at radius 2 is 1.25 bits per heavy atom. The topological polar surface area (TPSA) is 279 Å². The molecule has 206 valence electrons. The predicted molar refractivity (Wildman–Crippen MR) is 136 cm³/mol. The Balaban J connectivity index is 5.15. The molecule has 0 saturated heterocycles. The van der Waals surface area contributed by atoms with Gasteiger partial charge in [-0.2, -0.15) is 0 Å². The number of carbonyl (C=O) groups excluding carboxylic acids is 3. The average Bonchev–Trinajstić information content (AvgIpc) is 2.76. The zero-order chi connectivity index (χ0) is 27.8. The molecule has 0 rings (SSSR count). The van der Waals surface area contributed by atoms with Gasteiger partial charge in [0.1, 0.15) is 18.1 Å². The van der Waals surface area contributed by atoms with Crippen LogP contribution in [0.25, 0.3) is 0 Å². The smallest absolute Gasteiger partial charge is 0.326 e. The number of carbonyl (C=O) groups is 4. The highest BCUT2D eigenvalue weighted by molar-refractivity contribution is 5.93. The summed E-state index contributed by atoms with van der Waals surface area (Å²) < 4.78 is 0. The van der Waals surface area contributed by atoms with Crippen LogP contribution in [-0.2, 0) is 19.2 Å². The zero-order valence-electron chi connectivity index (χ0n) is 21.2. The molecular formula is C21H42N10O5. The van der Waals surface area contributed by atoms with Crippen molar-refractivity contribution < 1.29 is 24.3 Å². The molecule has 0 aliphatic heterocycles. The summed E-state index contributed by atoms with van der Waals surface area (Å²) in [5.74, 6) is -3.22. The molecule has 0 aromatic heterocycles. The third-order valence-electron chi connectivity index (χ3n) is 4.96. The molecule has 0 aromatic rings. The first-order valence-electron chi connectivity index (χ1n) is 11.7.